The minimum absolute atomic E-state index is 0.113. The molecule has 2 rings (SSSR count). The third-order valence-electron chi connectivity index (χ3n) is 4.35. The molecule has 2 unspecified atom stereocenters. The molecule has 2 aromatic rings. The number of amides is 2. The predicted molar refractivity (Wildman–Crippen MR) is 91.7 cm³/mol. The Labute approximate surface area is 142 Å². The van der Waals surface area contributed by atoms with Crippen molar-refractivity contribution in [2.75, 3.05) is 6.54 Å². The fourth-order valence-electron chi connectivity index (χ4n) is 2.23. The molecule has 7 nitrogen and oxygen atoms in total. The number of hydrogen-bond donors (Lipinski definition) is 3. The zero-order valence-corrected chi connectivity index (χ0v) is 14.4. The van der Waals surface area contributed by atoms with Gasteiger partial charge in [-0.05, 0) is 30.5 Å². The van der Waals surface area contributed by atoms with Gasteiger partial charge in [-0.3, -0.25) is 0 Å². The van der Waals surface area contributed by atoms with Gasteiger partial charge in [0.15, 0.2) is 0 Å². The lowest BCUT2D eigenvalue weighted by molar-refractivity contribution is 0.00790. The van der Waals surface area contributed by atoms with Crippen LogP contribution in [0.5, 0.6) is 0 Å². The van der Waals surface area contributed by atoms with Gasteiger partial charge in [0.25, 0.3) is 0 Å². The zero-order valence-electron chi connectivity index (χ0n) is 14.4. The fourth-order valence-corrected chi connectivity index (χ4v) is 2.23. The highest BCUT2D eigenvalue weighted by atomic mass is 16.3. The van der Waals surface area contributed by atoms with Crippen LogP contribution in [0.4, 0.5) is 4.79 Å². The predicted octanol–water partition coefficient (Wildman–Crippen LogP) is 1.86. The second-order valence-electron chi connectivity index (χ2n) is 6.21. The molecule has 0 saturated carbocycles. The largest absolute Gasteiger partial charge is 0.388 e. The van der Waals surface area contributed by atoms with Crippen molar-refractivity contribution in [2.24, 2.45) is 5.92 Å². The third-order valence-corrected chi connectivity index (χ3v) is 4.35. The maximum absolute atomic E-state index is 11.9. The molecule has 3 N–H and O–H groups in total. The van der Waals surface area contributed by atoms with Gasteiger partial charge < -0.3 is 15.7 Å². The topological polar surface area (TPSA) is 92.1 Å². The first-order chi connectivity index (χ1) is 11.4. The molecule has 130 valence electrons. The van der Waals surface area contributed by atoms with E-state index < -0.39 is 5.60 Å². The number of carbonyl (C=O) groups excluding carboxylic acids is 1. The lowest BCUT2D eigenvalue weighted by Crippen LogP contribution is -2.47. The summed E-state index contributed by atoms with van der Waals surface area (Å²) in [6.45, 7) is 6.36. The van der Waals surface area contributed by atoms with Crippen LogP contribution in [0, 0.1) is 5.92 Å². The van der Waals surface area contributed by atoms with Crippen molar-refractivity contribution in [1.82, 2.24) is 25.4 Å². The van der Waals surface area contributed by atoms with E-state index in [1.54, 1.807) is 17.9 Å². The van der Waals surface area contributed by atoms with Crippen LogP contribution < -0.4 is 10.6 Å². The maximum Gasteiger partial charge on any atom is 0.315 e. The van der Waals surface area contributed by atoms with Crippen LogP contribution in [-0.2, 0) is 6.54 Å². The van der Waals surface area contributed by atoms with Crippen LogP contribution in [0.25, 0.3) is 5.69 Å². The summed E-state index contributed by atoms with van der Waals surface area (Å²) >= 11 is 0. The summed E-state index contributed by atoms with van der Waals surface area (Å²) in [5, 5.41) is 19.8. The van der Waals surface area contributed by atoms with E-state index in [1.165, 1.54) is 6.33 Å². The summed E-state index contributed by atoms with van der Waals surface area (Å²) in [6.07, 6.45) is 3.96. The highest BCUT2D eigenvalue weighted by Crippen LogP contribution is 2.18. The number of benzene rings is 1. The number of nitrogens with one attached hydrogen (secondary N) is 2. The third kappa shape index (κ3) is 4.79. The first-order valence-electron chi connectivity index (χ1n) is 8.10. The number of hydrogen-bond acceptors (Lipinski definition) is 4. The van der Waals surface area contributed by atoms with Crippen LogP contribution in [-0.4, -0.2) is 38.0 Å². The number of nitrogens with zero attached hydrogens (tertiary/aromatic N) is 3. The van der Waals surface area contributed by atoms with E-state index in [0.717, 1.165) is 17.7 Å². The smallest absolute Gasteiger partial charge is 0.315 e. The molecule has 1 heterocycles. The highest BCUT2D eigenvalue weighted by molar-refractivity contribution is 5.73. The van der Waals surface area contributed by atoms with Crippen molar-refractivity contribution in [2.45, 2.75) is 39.3 Å². The van der Waals surface area contributed by atoms with Gasteiger partial charge in [-0.1, -0.05) is 32.4 Å². The Hall–Kier alpha value is -2.41. The first kappa shape index (κ1) is 17.9. The molecular formula is C17H25N5O2. The van der Waals surface area contributed by atoms with E-state index in [9.17, 15) is 9.90 Å². The van der Waals surface area contributed by atoms with Crippen molar-refractivity contribution in [3.05, 3.63) is 42.5 Å². The summed E-state index contributed by atoms with van der Waals surface area (Å²) in [7, 11) is 0. The maximum atomic E-state index is 11.9. The Morgan fingerprint density at radius 3 is 2.62 bits per heavy atom. The summed E-state index contributed by atoms with van der Waals surface area (Å²) in [4.78, 5) is 15.8. The normalized spacial score (nSPS) is 14.7. The van der Waals surface area contributed by atoms with Crippen molar-refractivity contribution >= 4 is 6.03 Å². The average molecular weight is 331 g/mol. The SMILES string of the molecule is CCC(C)C(C)(O)CNC(=O)NCc1ccc(-n2cncn2)cc1. The lowest BCUT2D eigenvalue weighted by Gasteiger charge is -2.29. The van der Waals surface area contributed by atoms with Crippen molar-refractivity contribution in [3.63, 3.8) is 0 Å². The van der Waals surface area contributed by atoms with Crippen LogP contribution in [0.15, 0.2) is 36.9 Å². The molecule has 2 amide bonds. The Morgan fingerprint density at radius 2 is 2.04 bits per heavy atom. The molecule has 0 fully saturated rings. The molecule has 0 spiro atoms. The quantitative estimate of drug-likeness (QED) is 0.722. The monoisotopic (exact) mass is 331 g/mol. The van der Waals surface area contributed by atoms with Gasteiger partial charge in [0.05, 0.1) is 11.3 Å². The molecule has 0 aliphatic carbocycles. The molecule has 24 heavy (non-hydrogen) atoms. The van der Waals surface area contributed by atoms with E-state index in [2.05, 4.69) is 20.7 Å². The first-order valence-corrected chi connectivity index (χ1v) is 8.10. The van der Waals surface area contributed by atoms with Crippen LogP contribution in [0.2, 0.25) is 0 Å². The molecule has 0 radical (unpaired) electrons. The standard InChI is InChI=1S/C17H25N5O2/c1-4-13(2)17(3,24)10-20-16(23)19-9-14-5-7-15(8-6-14)22-12-18-11-21-22/h5-8,11-13,24H,4,9-10H2,1-3H3,(H2,19,20,23). The van der Waals surface area contributed by atoms with Crippen LogP contribution >= 0.6 is 0 Å². The average Bonchev–Trinajstić information content (AvgIpc) is 3.12. The number of aromatic nitrogens is 3. The lowest BCUT2D eigenvalue weighted by atomic mass is 9.89. The van der Waals surface area contributed by atoms with E-state index in [1.807, 2.05) is 38.1 Å². The zero-order chi connectivity index (χ0) is 17.6. The number of aliphatic hydroxyl groups is 1. The van der Waals surface area contributed by atoms with Gasteiger partial charge in [0, 0.05) is 13.1 Å². The molecule has 0 bridgehead atoms. The molecule has 0 aliphatic rings. The van der Waals surface area contributed by atoms with E-state index in [0.29, 0.717) is 6.54 Å². The van der Waals surface area contributed by atoms with Gasteiger partial charge in [0.1, 0.15) is 12.7 Å². The highest BCUT2D eigenvalue weighted by Gasteiger charge is 2.27. The van der Waals surface area contributed by atoms with Crippen molar-refractivity contribution in [3.8, 4) is 5.69 Å². The number of rotatable bonds is 7. The minimum atomic E-state index is -0.911. The fraction of sp³-hybridized carbons (Fsp3) is 0.471. The Kier molecular flexibility index (Phi) is 5.92. The van der Waals surface area contributed by atoms with Gasteiger partial charge >= 0.3 is 6.03 Å². The molecule has 0 aliphatic heterocycles. The van der Waals surface area contributed by atoms with Gasteiger partial charge in [0.2, 0.25) is 0 Å². The number of urea groups is 1. The summed E-state index contributed by atoms with van der Waals surface area (Å²) in [5.74, 6) is 0.113. The Morgan fingerprint density at radius 1 is 1.33 bits per heavy atom. The molecular weight excluding hydrogens is 306 g/mol. The van der Waals surface area contributed by atoms with Gasteiger partial charge in [-0.25, -0.2) is 14.5 Å². The van der Waals surface area contributed by atoms with Crippen LogP contribution in [0.1, 0.15) is 32.8 Å². The van der Waals surface area contributed by atoms with Gasteiger partial charge in [-0.2, -0.15) is 5.10 Å². The molecule has 0 saturated heterocycles. The van der Waals surface area contributed by atoms with Crippen LogP contribution in [0.3, 0.4) is 0 Å². The van der Waals surface area contributed by atoms with Crippen molar-refractivity contribution in [1.29, 1.82) is 0 Å². The number of carbonyl (C=O) groups is 1. The Bertz CT molecular complexity index is 638. The summed E-state index contributed by atoms with van der Waals surface area (Å²) in [6, 6.07) is 7.38. The second kappa shape index (κ2) is 7.92. The van der Waals surface area contributed by atoms with Gasteiger partial charge in [-0.15, -0.1) is 0 Å². The molecule has 1 aromatic heterocycles. The molecule has 2 atom stereocenters. The Balaban J connectivity index is 1.79. The molecule has 1 aromatic carbocycles. The van der Waals surface area contributed by atoms with E-state index in [-0.39, 0.29) is 18.5 Å². The second-order valence-corrected chi connectivity index (χ2v) is 6.21. The summed E-state index contributed by atoms with van der Waals surface area (Å²) < 4.78 is 1.67. The van der Waals surface area contributed by atoms with E-state index in [4.69, 9.17) is 0 Å². The molecule has 7 heteroatoms. The van der Waals surface area contributed by atoms with E-state index >= 15 is 0 Å². The summed E-state index contributed by atoms with van der Waals surface area (Å²) in [5.41, 5.74) is 0.971. The van der Waals surface area contributed by atoms with Crippen molar-refractivity contribution < 1.29 is 9.90 Å². The minimum Gasteiger partial charge on any atom is -0.388 e.